The minimum absolute atomic E-state index is 0.167. The van der Waals surface area contributed by atoms with Gasteiger partial charge >= 0.3 is 0 Å². The van der Waals surface area contributed by atoms with E-state index in [1.54, 1.807) is 6.07 Å². The smallest absolute Gasteiger partial charge is 0.267 e. The second kappa shape index (κ2) is 5.91. The molecule has 1 heterocycles. The van der Waals surface area contributed by atoms with Crippen molar-refractivity contribution in [2.45, 2.75) is 6.54 Å². The lowest BCUT2D eigenvalue weighted by Gasteiger charge is -2.07. The van der Waals surface area contributed by atoms with Crippen molar-refractivity contribution in [3.63, 3.8) is 0 Å². The third-order valence-corrected chi connectivity index (χ3v) is 3.02. The van der Waals surface area contributed by atoms with Crippen molar-refractivity contribution < 1.29 is 9.18 Å². The molecule has 1 N–H and O–H groups in total. The summed E-state index contributed by atoms with van der Waals surface area (Å²) in [5.41, 5.74) is 0.0571. The number of anilines is 1. The van der Waals surface area contributed by atoms with Gasteiger partial charge in [-0.3, -0.25) is 14.2 Å². The Balaban J connectivity index is 2.10. The molecule has 0 aliphatic heterocycles. The third kappa shape index (κ3) is 3.60. The molecule has 0 bridgehead atoms. The molecule has 0 radical (unpaired) electrons. The average Bonchev–Trinajstić information content (AvgIpc) is 2.35. The second-order valence-electron chi connectivity index (χ2n) is 3.73. The fraction of sp³-hybridized carbons (Fsp3) is 0.0833. The standard InChI is InChI=1S/C12H9FIN3O2/c13-8-2-1-3-9(4-8)16-11(18)6-17-7-15-5-10(14)12(17)19/h1-5,7H,6H2,(H,16,18). The van der Waals surface area contributed by atoms with Gasteiger partial charge in [-0.1, -0.05) is 6.07 Å². The molecular formula is C12H9FIN3O2. The summed E-state index contributed by atoms with van der Waals surface area (Å²) in [5, 5.41) is 2.51. The van der Waals surface area contributed by atoms with Gasteiger partial charge in [0.15, 0.2) is 0 Å². The molecule has 0 unspecified atom stereocenters. The normalized spacial score (nSPS) is 10.2. The van der Waals surface area contributed by atoms with Crippen molar-refractivity contribution in [2.75, 3.05) is 5.32 Å². The number of amides is 1. The van der Waals surface area contributed by atoms with Crippen molar-refractivity contribution >= 4 is 34.2 Å². The Labute approximate surface area is 121 Å². The Hall–Kier alpha value is -1.77. The van der Waals surface area contributed by atoms with Gasteiger partial charge in [-0.05, 0) is 40.8 Å². The summed E-state index contributed by atoms with van der Waals surface area (Å²) in [7, 11) is 0. The zero-order valence-corrected chi connectivity index (χ0v) is 11.8. The summed E-state index contributed by atoms with van der Waals surface area (Å²) in [5.74, 6) is -0.859. The molecule has 2 rings (SSSR count). The van der Waals surface area contributed by atoms with Crippen molar-refractivity contribution in [1.82, 2.24) is 9.55 Å². The quantitative estimate of drug-likeness (QED) is 0.832. The van der Waals surface area contributed by atoms with Crippen LogP contribution in [0.3, 0.4) is 0 Å². The van der Waals surface area contributed by atoms with E-state index in [0.29, 0.717) is 9.26 Å². The van der Waals surface area contributed by atoms with Crippen LogP contribution in [0.5, 0.6) is 0 Å². The number of halogens is 2. The number of hydrogen-bond donors (Lipinski definition) is 1. The first-order valence-corrected chi connectivity index (χ1v) is 6.39. The topological polar surface area (TPSA) is 64.0 Å². The lowest BCUT2D eigenvalue weighted by atomic mass is 10.3. The predicted molar refractivity (Wildman–Crippen MR) is 76.2 cm³/mol. The number of rotatable bonds is 3. The largest absolute Gasteiger partial charge is 0.324 e. The molecule has 1 aromatic carbocycles. The van der Waals surface area contributed by atoms with Gasteiger partial charge in [0.2, 0.25) is 5.91 Å². The highest BCUT2D eigenvalue weighted by Crippen LogP contribution is 2.08. The van der Waals surface area contributed by atoms with Gasteiger partial charge in [-0.2, -0.15) is 0 Å². The average molecular weight is 373 g/mol. The molecule has 2 aromatic rings. The number of nitrogens with zero attached hydrogens (tertiary/aromatic N) is 2. The summed E-state index contributed by atoms with van der Waals surface area (Å²) in [6.45, 7) is -0.167. The van der Waals surface area contributed by atoms with Crippen LogP contribution in [-0.4, -0.2) is 15.5 Å². The van der Waals surface area contributed by atoms with Crippen LogP contribution in [0.15, 0.2) is 41.6 Å². The van der Waals surface area contributed by atoms with Gasteiger partial charge in [0.1, 0.15) is 12.4 Å². The van der Waals surface area contributed by atoms with Gasteiger partial charge in [-0.15, -0.1) is 0 Å². The fourth-order valence-electron chi connectivity index (χ4n) is 1.46. The zero-order chi connectivity index (χ0) is 13.8. The summed E-state index contributed by atoms with van der Waals surface area (Å²) in [4.78, 5) is 27.3. The molecule has 0 atom stereocenters. The molecule has 0 saturated carbocycles. The first-order valence-electron chi connectivity index (χ1n) is 5.31. The summed E-state index contributed by atoms with van der Waals surface area (Å²) < 4.78 is 14.6. The molecule has 19 heavy (non-hydrogen) atoms. The minimum atomic E-state index is -0.439. The molecule has 0 aliphatic carbocycles. The highest BCUT2D eigenvalue weighted by atomic mass is 127. The Morgan fingerprint density at radius 1 is 1.47 bits per heavy atom. The molecule has 7 heteroatoms. The van der Waals surface area contributed by atoms with E-state index in [4.69, 9.17) is 0 Å². The van der Waals surface area contributed by atoms with E-state index in [9.17, 15) is 14.0 Å². The van der Waals surface area contributed by atoms with Crippen LogP contribution in [0, 0.1) is 9.39 Å². The van der Waals surface area contributed by atoms with E-state index >= 15 is 0 Å². The number of benzene rings is 1. The SMILES string of the molecule is O=C(Cn1cncc(I)c1=O)Nc1cccc(F)c1. The van der Waals surface area contributed by atoms with E-state index < -0.39 is 11.7 Å². The lowest BCUT2D eigenvalue weighted by molar-refractivity contribution is -0.116. The second-order valence-corrected chi connectivity index (χ2v) is 4.90. The minimum Gasteiger partial charge on any atom is -0.324 e. The Morgan fingerprint density at radius 2 is 2.26 bits per heavy atom. The van der Waals surface area contributed by atoms with E-state index in [2.05, 4.69) is 10.3 Å². The van der Waals surface area contributed by atoms with Crippen LogP contribution in [0.25, 0.3) is 0 Å². The van der Waals surface area contributed by atoms with E-state index in [1.165, 1.54) is 35.3 Å². The van der Waals surface area contributed by atoms with Crippen LogP contribution in [0.2, 0.25) is 0 Å². The van der Waals surface area contributed by atoms with Gasteiger partial charge in [-0.25, -0.2) is 9.37 Å². The molecule has 0 fully saturated rings. The molecule has 1 aromatic heterocycles. The predicted octanol–water partition coefficient (Wildman–Crippen LogP) is 1.63. The van der Waals surface area contributed by atoms with Crippen LogP contribution < -0.4 is 10.9 Å². The highest BCUT2D eigenvalue weighted by molar-refractivity contribution is 14.1. The number of carbonyl (C=O) groups is 1. The van der Waals surface area contributed by atoms with Crippen LogP contribution in [0.1, 0.15) is 0 Å². The van der Waals surface area contributed by atoms with Crippen molar-refractivity contribution in [3.05, 3.63) is 56.5 Å². The lowest BCUT2D eigenvalue weighted by Crippen LogP contribution is -2.29. The van der Waals surface area contributed by atoms with Crippen LogP contribution >= 0.6 is 22.6 Å². The number of nitrogens with one attached hydrogen (secondary N) is 1. The van der Waals surface area contributed by atoms with Gasteiger partial charge in [0.25, 0.3) is 5.56 Å². The van der Waals surface area contributed by atoms with Crippen molar-refractivity contribution in [2.24, 2.45) is 0 Å². The summed E-state index contributed by atoms with van der Waals surface area (Å²) >= 11 is 1.85. The number of aromatic nitrogens is 2. The molecular weight excluding hydrogens is 364 g/mol. The summed E-state index contributed by atoms with van der Waals surface area (Å²) in [6, 6.07) is 5.54. The van der Waals surface area contributed by atoms with Crippen molar-refractivity contribution in [1.29, 1.82) is 0 Å². The maximum absolute atomic E-state index is 12.9. The molecule has 0 saturated heterocycles. The highest BCUT2D eigenvalue weighted by Gasteiger charge is 2.07. The van der Waals surface area contributed by atoms with E-state index in [0.717, 1.165) is 0 Å². The summed E-state index contributed by atoms with van der Waals surface area (Å²) in [6.07, 6.45) is 2.71. The van der Waals surface area contributed by atoms with Gasteiger partial charge in [0.05, 0.1) is 9.90 Å². The van der Waals surface area contributed by atoms with E-state index in [-0.39, 0.29) is 12.1 Å². The van der Waals surface area contributed by atoms with Gasteiger partial charge in [0, 0.05) is 11.9 Å². The Bertz CT molecular complexity index is 672. The third-order valence-electron chi connectivity index (χ3n) is 2.28. The zero-order valence-electron chi connectivity index (χ0n) is 9.64. The maximum atomic E-state index is 12.9. The number of carbonyl (C=O) groups excluding carboxylic acids is 1. The van der Waals surface area contributed by atoms with Crippen LogP contribution in [-0.2, 0) is 11.3 Å². The number of hydrogen-bond acceptors (Lipinski definition) is 3. The first-order chi connectivity index (χ1) is 9.06. The van der Waals surface area contributed by atoms with E-state index in [1.807, 2.05) is 22.6 Å². The molecule has 0 aliphatic rings. The monoisotopic (exact) mass is 373 g/mol. The fourth-order valence-corrected chi connectivity index (χ4v) is 1.93. The van der Waals surface area contributed by atoms with Crippen molar-refractivity contribution in [3.8, 4) is 0 Å². The Kier molecular flexibility index (Phi) is 4.25. The molecule has 5 nitrogen and oxygen atoms in total. The van der Waals surface area contributed by atoms with Crippen LogP contribution in [0.4, 0.5) is 10.1 Å². The maximum Gasteiger partial charge on any atom is 0.267 e. The Morgan fingerprint density at radius 3 is 3.00 bits per heavy atom. The molecule has 0 spiro atoms. The van der Waals surface area contributed by atoms with Gasteiger partial charge < -0.3 is 5.32 Å². The molecule has 1 amide bonds. The first kappa shape index (κ1) is 13.7. The molecule has 98 valence electrons.